The van der Waals surface area contributed by atoms with E-state index in [1.54, 1.807) is 30.3 Å². The Morgan fingerprint density at radius 2 is 1.54 bits per heavy atom. The summed E-state index contributed by atoms with van der Waals surface area (Å²) in [6, 6.07) is 11.6. The van der Waals surface area contributed by atoms with Crippen LogP contribution in [0.1, 0.15) is 0 Å². The lowest BCUT2D eigenvalue weighted by atomic mass is 10.2. The average molecular weight is 367 g/mol. The summed E-state index contributed by atoms with van der Waals surface area (Å²) in [6.07, 6.45) is 0. The Balaban J connectivity index is 1.65. The van der Waals surface area contributed by atoms with Gasteiger partial charge in [0.25, 0.3) is 0 Å². The minimum absolute atomic E-state index is 0.228. The maximum atomic E-state index is 13.0. The highest BCUT2D eigenvalue weighted by atomic mass is 35.5. The molecule has 0 bridgehead atoms. The van der Waals surface area contributed by atoms with Gasteiger partial charge in [-0.15, -0.1) is 0 Å². The molecule has 1 heterocycles. The van der Waals surface area contributed by atoms with E-state index in [4.69, 9.17) is 28.9 Å². The number of anilines is 1. The normalized spacial score (nSPS) is 15.7. The van der Waals surface area contributed by atoms with Gasteiger partial charge >= 0.3 is 0 Å². The molecule has 126 valence electrons. The van der Waals surface area contributed by atoms with Crippen LogP contribution < -0.4 is 10.6 Å². The van der Waals surface area contributed by atoms with Crippen LogP contribution in [-0.4, -0.2) is 37.0 Å². The molecule has 0 aromatic heterocycles. The van der Waals surface area contributed by atoms with Crippen molar-refractivity contribution in [2.45, 2.75) is 0 Å². The zero-order valence-corrected chi connectivity index (χ0v) is 14.4. The van der Waals surface area contributed by atoms with Crippen molar-refractivity contribution < 1.29 is 4.39 Å². The van der Waals surface area contributed by atoms with E-state index in [2.05, 4.69) is 9.89 Å². The molecular formula is C17H17Cl2FN4. The largest absolute Gasteiger partial charge is 0.369 e. The maximum Gasteiger partial charge on any atom is 0.196 e. The number of piperazine rings is 1. The van der Waals surface area contributed by atoms with E-state index in [0.29, 0.717) is 21.7 Å². The lowest BCUT2D eigenvalue weighted by Gasteiger charge is -2.36. The number of rotatable bonds is 2. The second-order valence-corrected chi connectivity index (χ2v) is 6.42. The van der Waals surface area contributed by atoms with Crippen molar-refractivity contribution in [3.8, 4) is 0 Å². The van der Waals surface area contributed by atoms with Crippen molar-refractivity contribution >= 4 is 40.5 Å². The van der Waals surface area contributed by atoms with Crippen LogP contribution in [0.4, 0.5) is 15.8 Å². The highest BCUT2D eigenvalue weighted by molar-refractivity contribution is 6.35. The molecule has 0 spiro atoms. The number of hydrogen-bond donors (Lipinski definition) is 1. The monoisotopic (exact) mass is 366 g/mol. The molecule has 3 rings (SSSR count). The van der Waals surface area contributed by atoms with Gasteiger partial charge in [-0.1, -0.05) is 23.2 Å². The zero-order chi connectivity index (χ0) is 17.1. The van der Waals surface area contributed by atoms with E-state index < -0.39 is 0 Å². The molecular weight excluding hydrogens is 350 g/mol. The van der Waals surface area contributed by atoms with E-state index in [9.17, 15) is 4.39 Å². The molecule has 0 aliphatic carbocycles. The molecule has 0 radical (unpaired) electrons. The zero-order valence-electron chi connectivity index (χ0n) is 12.9. The smallest absolute Gasteiger partial charge is 0.196 e. The summed E-state index contributed by atoms with van der Waals surface area (Å²) in [4.78, 5) is 8.60. The number of aliphatic imine (C=N–C) groups is 1. The lowest BCUT2D eigenvalue weighted by Crippen LogP contribution is -2.51. The number of halogens is 3. The van der Waals surface area contributed by atoms with Gasteiger partial charge in [0.1, 0.15) is 5.82 Å². The molecule has 7 heteroatoms. The number of nitrogens with two attached hydrogens (primary N) is 1. The highest BCUT2D eigenvalue weighted by Gasteiger charge is 2.18. The Kier molecular flexibility index (Phi) is 5.11. The third kappa shape index (κ3) is 4.10. The molecule has 24 heavy (non-hydrogen) atoms. The predicted octanol–water partition coefficient (Wildman–Crippen LogP) is 3.90. The summed E-state index contributed by atoms with van der Waals surface area (Å²) >= 11 is 12.0. The summed E-state index contributed by atoms with van der Waals surface area (Å²) in [5.41, 5.74) is 7.74. The molecule has 0 saturated carbocycles. The third-order valence-corrected chi connectivity index (χ3v) is 4.32. The van der Waals surface area contributed by atoms with Gasteiger partial charge in [-0.25, -0.2) is 9.38 Å². The molecule has 0 amide bonds. The van der Waals surface area contributed by atoms with Crippen LogP contribution >= 0.6 is 23.2 Å². The highest BCUT2D eigenvalue weighted by Crippen LogP contribution is 2.25. The van der Waals surface area contributed by atoms with Crippen LogP contribution in [0, 0.1) is 5.82 Å². The van der Waals surface area contributed by atoms with Crippen molar-refractivity contribution in [3.63, 3.8) is 0 Å². The van der Waals surface area contributed by atoms with Crippen LogP contribution in [0.3, 0.4) is 0 Å². The Morgan fingerprint density at radius 1 is 0.958 bits per heavy atom. The summed E-state index contributed by atoms with van der Waals surface area (Å²) in [6.45, 7) is 3.05. The van der Waals surface area contributed by atoms with E-state index in [-0.39, 0.29) is 5.82 Å². The first kappa shape index (κ1) is 16.9. The van der Waals surface area contributed by atoms with Gasteiger partial charge in [0.15, 0.2) is 5.96 Å². The van der Waals surface area contributed by atoms with Gasteiger partial charge in [0.05, 0.1) is 5.69 Å². The van der Waals surface area contributed by atoms with E-state index in [1.807, 2.05) is 4.90 Å². The molecule has 2 N–H and O–H groups in total. The van der Waals surface area contributed by atoms with Crippen LogP contribution in [0.2, 0.25) is 10.0 Å². The Morgan fingerprint density at radius 3 is 2.12 bits per heavy atom. The summed E-state index contributed by atoms with van der Waals surface area (Å²) in [5, 5.41) is 1.05. The lowest BCUT2D eigenvalue weighted by molar-refractivity contribution is 0.382. The fourth-order valence-corrected chi connectivity index (χ4v) is 3.17. The van der Waals surface area contributed by atoms with Gasteiger partial charge in [-0.05, 0) is 42.5 Å². The van der Waals surface area contributed by atoms with Gasteiger partial charge in [-0.3, -0.25) is 0 Å². The quantitative estimate of drug-likeness (QED) is 0.647. The molecule has 2 aromatic carbocycles. The number of hydrogen-bond acceptors (Lipinski definition) is 2. The number of guanidine groups is 1. The van der Waals surface area contributed by atoms with E-state index in [0.717, 1.165) is 31.9 Å². The Labute approximate surface area is 150 Å². The molecule has 2 aromatic rings. The topological polar surface area (TPSA) is 44.9 Å². The van der Waals surface area contributed by atoms with Crippen molar-refractivity contribution in [1.82, 2.24) is 4.90 Å². The van der Waals surface area contributed by atoms with Crippen LogP contribution in [0.5, 0.6) is 0 Å². The van der Waals surface area contributed by atoms with Crippen LogP contribution in [0.25, 0.3) is 0 Å². The van der Waals surface area contributed by atoms with Crippen molar-refractivity contribution in [3.05, 3.63) is 58.3 Å². The first-order chi connectivity index (χ1) is 11.5. The maximum absolute atomic E-state index is 13.0. The molecule has 4 nitrogen and oxygen atoms in total. The van der Waals surface area contributed by atoms with Crippen molar-refractivity contribution in [1.29, 1.82) is 0 Å². The Bertz CT molecular complexity index is 721. The third-order valence-electron chi connectivity index (χ3n) is 3.89. The van der Waals surface area contributed by atoms with Crippen molar-refractivity contribution in [2.75, 3.05) is 31.1 Å². The van der Waals surface area contributed by atoms with Crippen LogP contribution in [0.15, 0.2) is 47.5 Å². The minimum Gasteiger partial charge on any atom is -0.369 e. The molecule has 0 unspecified atom stereocenters. The molecule has 1 aliphatic heterocycles. The minimum atomic E-state index is -0.228. The van der Waals surface area contributed by atoms with Gasteiger partial charge in [0, 0.05) is 41.9 Å². The molecule has 0 atom stereocenters. The number of nitrogens with zero attached hydrogens (tertiary/aromatic N) is 3. The van der Waals surface area contributed by atoms with Gasteiger partial charge in [-0.2, -0.15) is 0 Å². The first-order valence-corrected chi connectivity index (χ1v) is 8.32. The molecule has 1 fully saturated rings. The fourth-order valence-electron chi connectivity index (χ4n) is 2.65. The summed E-state index contributed by atoms with van der Waals surface area (Å²) in [7, 11) is 0. The van der Waals surface area contributed by atoms with Gasteiger partial charge < -0.3 is 15.5 Å². The van der Waals surface area contributed by atoms with E-state index in [1.165, 1.54) is 12.1 Å². The summed E-state index contributed by atoms with van der Waals surface area (Å²) < 4.78 is 13.0. The summed E-state index contributed by atoms with van der Waals surface area (Å²) in [5.74, 6) is 0.209. The van der Waals surface area contributed by atoms with Gasteiger partial charge in [0.2, 0.25) is 0 Å². The second-order valence-electron chi connectivity index (χ2n) is 5.55. The average Bonchev–Trinajstić information content (AvgIpc) is 2.55. The standard InChI is InChI=1S/C17H17Cl2FN4/c18-12-9-13(19)11-15(10-12)22-17(21)24-7-5-23(6-8-24)16-3-1-14(20)2-4-16/h1-4,9-11H,5-8H2,(H2,21,22). The van der Waals surface area contributed by atoms with Crippen LogP contribution in [-0.2, 0) is 0 Å². The molecule has 1 saturated heterocycles. The second kappa shape index (κ2) is 7.28. The van der Waals surface area contributed by atoms with E-state index >= 15 is 0 Å². The fraction of sp³-hybridized carbons (Fsp3) is 0.235. The molecule has 1 aliphatic rings. The predicted molar refractivity (Wildman–Crippen MR) is 97.9 cm³/mol. The number of benzene rings is 2. The van der Waals surface area contributed by atoms with Crippen molar-refractivity contribution in [2.24, 2.45) is 10.7 Å². The SMILES string of the molecule is NC(=Nc1cc(Cl)cc(Cl)c1)N1CCN(c2ccc(F)cc2)CC1. The Hall–Kier alpha value is -1.98. The first-order valence-electron chi connectivity index (χ1n) is 7.57.